The maximum absolute atomic E-state index is 4.32. The van der Waals surface area contributed by atoms with E-state index in [4.69, 9.17) is 0 Å². The van der Waals surface area contributed by atoms with E-state index in [0.717, 1.165) is 22.5 Å². The molecule has 2 nitrogen and oxygen atoms in total. The Hall–Kier alpha value is -2.70. The highest BCUT2D eigenvalue weighted by Gasteiger charge is 2.00. The Kier molecular flexibility index (Phi) is 4.98. The molecule has 0 aliphatic heterocycles. The molecule has 0 radical (unpaired) electrons. The average Bonchev–Trinajstić information content (AvgIpc) is 3.09. The largest absolute Gasteiger partial charge is 0.278 e. The number of nitrogens with zero attached hydrogens (tertiary/aromatic N) is 1. The van der Waals surface area contributed by atoms with Gasteiger partial charge in [-0.1, -0.05) is 54.3 Å². The summed E-state index contributed by atoms with van der Waals surface area (Å²) in [6, 6.07) is 20.3. The van der Waals surface area contributed by atoms with Gasteiger partial charge >= 0.3 is 0 Å². The SMILES string of the molecule is CSc1ccccc1C#C/C=C\c1cc(-c2ccccc2)n[nH]1. The van der Waals surface area contributed by atoms with Crippen LogP contribution in [0.5, 0.6) is 0 Å². The summed E-state index contributed by atoms with van der Waals surface area (Å²) in [5.41, 5.74) is 4.03. The molecular weight excluding hydrogens is 300 g/mol. The molecule has 0 saturated heterocycles. The summed E-state index contributed by atoms with van der Waals surface area (Å²) in [5.74, 6) is 6.26. The summed E-state index contributed by atoms with van der Waals surface area (Å²) < 4.78 is 0. The van der Waals surface area contributed by atoms with Crippen molar-refractivity contribution in [2.75, 3.05) is 6.26 Å². The van der Waals surface area contributed by atoms with Gasteiger partial charge in [0.1, 0.15) is 0 Å². The first-order valence-corrected chi connectivity index (χ1v) is 8.51. The van der Waals surface area contributed by atoms with Gasteiger partial charge in [0.15, 0.2) is 0 Å². The van der Waals surface area contributed by atoms with Crippen LogP contribution in [-0.4, -0.2) is 16.5 Å². The standard InChI is InChI=1S/C20H16N2S/c1-23-20-14-8-6-12-17(20)11-5-7-13-18-15-19(22-21-18)16-9-3-2-4-10-16/h2-4,6-10,12-15H,1H3,(H,21,22)/b13-7-. The molecule has 0 unspecified atom stereocenters. The Morgan fingerprint density at radius 3 is 2.65 bits per heavy atom. The number of hydrogen-bond donors (Lipinski definition) is 1. The fourth-order valence-corrected chi connectivity index (χ4v) is 2.73. The van der Waals surface area contributed by atoms with Gasteiger partial charge in [-0.25, -0.2) is 0 Å². The Morgan fingerprint density at radius 2 is 1.83 bits per heavy atom. The fourth-order valence-electron chi connectivity index (χ4n) is 2.18. The Balaban J connectivity index is 1.73. The number of H-pyrrole nitrogens is 1. The third-order valence-corrected chi connectivity index (χ3v) is 4.12. The number of hydrogen-bond acceptors (Lipinski definition) is 2. The zero-order chi connectivity index (χ0) is 15.9. The first-order valence-electron chi connectivity index (χ1n) is 7.29. The van der Waals surface area contributed by atoms with Crippen LogP contribution in [0.25, 0.3) is 17.3 Å². The Bertz CT molecular complexity index is 867. The van der Waals surface area contributed by atoms with Crippen molar-refractivity contribution in [1.82, 2.24) is 10.2 Å². The van der Waals surface area contributed by atoms with Gasteiger partial charge < -0.3 is 0 Å². The summed E-state index contributed by atoms with van der Waals surface area (Å²) in [6.07, 6.45) is 5.85. The van der Waals surface area contributed by atoms with Crippen molar-refractivity contribution in [2.45, 2.75) is 4.90 Å². The van der Waals surface area contributed by atoms with Gasteiger partial charge in [0.25, 0.3) is 0 Å². The zero-order valence-corrected chi connectivity index (χ0v) is 13.6. The minimum atomic E-state index is 0.936. The normalized spacial score (nSPS) is 10.5. The van der Waals surface area contributed by atoms with Crippen LogP contribution in [0.4, 0.5) is 0 Å². The van der Waals surface area contributed by atoms with Crippen molar-refractivity contribution in [1.29, 1.82) is 0 Å². The minimum absolute atomic E-state index is 0.936. The van der Waals surface area contributed by atoms with Crippen molar-refractivity contribution < 1.29 is 0 Å². The van der Waals surface area contributed by atoms with Crippen LogP contribution in [0.2, 0.25) is 0 Å². The molecule has 2 aromatic carbocycles. The fraction of sp³-hybridized carbons (Fsp3) is 0.0500. The van der Waals surface area contributed by atoms with E-state index in [9.17, 15) is 0 Å². The Labute approximate surface area is 140 Å². The van der Waals surface area contributed by atoms with Crippen molar-refractivity contribution in [2.24, 2.45) is 0 Å². The highest BCUT2D eigenvalue weighted by molar-refractivity contribution is 7.98. The third-order valence-electron chi connectivity index (χ3n) is 3.33. The van der Waals surface area contributed by atoms with E-state index in [1.807, 2.05) is 66.7 Å². The second-order valence-corrected chi connectivity index (χ2v) is 5.73. The monoisotopic (exact) mass is 316 g/mol. The molecule has 3 rings (SSSR count). The molecule has 3 aromatic rings. The predicted octanol–water partition coefficient (Wildman–Crippen LogP) is 4.86. The van der Waals surface area contributed by atoms with Crippen LogP contribution in [0.15, 0.2) is 71.6 Å². The topological polar surface area (TPSA) is 28.7 Å². The lowest BCUT2D eigenvalue weighted by molar-refractivity contribution is 1.08. The van der Waals surface area contributed by atoms with E-state index in [2.05, 4.69) is 34.4 Å². The molecule has 0 aliphatic carbocycles. The van der Waals surface area contributed by atoms with E-state index in [-0.39, 0.29) is 0 Å². The summed E-state index contributed by atoms with van der Waals surface area (Å²) in [6.45, 7) is 0. The quantitative estimate of drug-likeness (QED) is 0.552. The van der Waals surface area contributed by atoms with Crippen LogP contribution in [0.3, 0.4) is 0 Å². The Morgan fingerprint density at radius 1 is 1.04 bits per heavy atom. The molecule has 0 bridgehead atoms. The summed E-state index contributed by atoms with van der Waals surface area (Å²) >= 11 is 1.71. The molecule has 0 fully saturated rings. The van der Waals surface area contributed by atoms with E-state index in [1.165, 1.54) is 4.90 Å². The first kappa shape index (κ1) is 15.2. The highest BCUT2D eigenvalue weighted by atomic mass is 32.2. The number of allylic oxidation sites excluding steroid dienone is 1. The molecule has 112 valence electrons. The van der Waals surface area contributed by atoms with Gasteiger partial charge in [0.2, 0.25) is 0 Å². The average molecular weight is 316 g/mol. The van der Waals surface area contributed by atoms with Crippen LogP contribution in [0, 0.1) is 11.8 Å². The zero-order valence-electron chi connectivity index (χ0n) is 12.8. The lowest BCUT2D eigenvalue weighted by Crippen LogP contribution is -1.78. The van der Waals surface area contributed by atoms with Crippen LogP contribution >= 0.6 is 11.8 Å². The number of nitrogens with one attached hydrogen (secondary N) is 1. The van der Waals surface area contributed by atoms with Gasteiger partial charge in [-0.05, 0) is 36.6 Å². The molecule has 23 heavy (non-hydrogen) atoms. The van der Waals surface area contributed by atoms with Gasteiger partial charge in [-0.3, -0.25) is 5.10 Å². The third kappa shape index (κ3) is 3.94. The second kappa shape index (κ2) is 7.53. The number of rotatable bonds is 3. The van der Waals surface area contributed by atoms with Gasteiger partial charge in [0.05, 0.1) is 11.4 Å². The van der Waals surface area contributed by atoms with Gasteiger partial charge in [0, 0.05) is 16.0 Å². The van der Waals surface area contributed by atoms with Crippen LogP contribution in [0.1, 0.15) is 11.3 Å². The van der Waals surface area contributed by atoms with E-state index in [0.29, 0.717) is 0 Å². The molecule has 0 saturated carbocycles. The minimum Gasteiger partial charge on any atom is -0.278 e. The van der Waals surface area contributed by atoms with Crippen molar-refractivity contribution in [3.8, 4) is 23.1 Å². The number of benzene rings is 2. The van der Waals surface area contributed by atoms with Crippen LogP contribution < -0.4 is 0 Å². The highest BCUT2D eigenvalue weighted by Crippen LogP contribution is 2.19. The molecule has 3 heteroatoms. The number of thioether (sulfide) groups is 1. The second-order valence-electron chi connectivity index (χ2n) is 4.88. The van der Waals surface area contributed by atoms with Gasteiger partial charge in [-0.15, -0.1) is 11.8 Å². The molecule has 0 atom stereocenters. The molecule has 1 aromatic heterocycles. The van der Waals surface area contributed by atoms with Crippen molar-refractivity contribution in [3.63, 3.8) is 0 Å². The van der Waals surface area contributed by atoms with E-state index < -0.39 is 0 Å². The van der Waals surface area contributed by atoms with E-state index in [1.54, 1.807) is 11.8 Å². The van der Waals surface area contributed by atoms with Crippen LogP contribution in [-0.2, 0) is 0 Å². The molecule has 0 aliphatic rings. The molecule has 1 N–H and O–H groups in total. The number of aromatic nitrogens is 2. The number of aromatic amines is 1. The lowest BCUT2D eigenvalue weighted by atomic mass is 10.1. The predicted molar refractivity (Wildman–Crippen MR) is 98.2 cm³/mol. The van der Waals surface area contributed by atoms with Crippen molar-refractivity contribution in [3.05, 3.63) is 78.0 Å². The molecular formula is C20H16N2S. The molecule has 1 heterocycles. The summed E-state index contributed by atoms with van der Waals surface area (Å²) in [5, 5.41) is 7.34. The maximum atomic E-state index is 4.32. The molecule has 0 amide bonds. The van der Waals surface area contributed by atoms with E-state index >= 15 is 0 Å². The smallest absolute Gasteiger partial charge is 0.0926 e. The summed E-state index contributed by atoms with van der Waals surface area (Å²) in [7, 11) is 0. The summed E-state index contributed by atoms with van der Waals surface area (Å²) in [4.78, 5) is 1.20. The first-order chi connectivity index (χ1) is 11.4. The molecule has 0 spiro atoms. The lowest BCUT2D eigenvalue weighted by Gasteiger charge is -1.97. The maximum Gasteiger partial charge on any atom is 0.0926 e. The van der Waals surface area contributed by atoms with Gasteiger partial charge in [-0.2, -0.15) is 5.10 Å². The van der Waals surface area contributed by atoms with Crippen molar-refractivity contribution >= 4 is 17.8 Å².